The predicted molar refractivity (Wildman–Crippen MR) is 69.5 cm³/mol. The van der Waals surface area contributed by atoms with E-state index in [0.717, 1.165) is 18.4 Å². The Bertz CT molecular complexity index is 576. The minimum Gasteiger partial charge on any atom is -0.476 e. The molecular weight excluding hydrogens is 247 g/mol. The molecule has 0 saturated carbocycles. The van der Waals surface area contributed by atoms with E-state index in [-0.39, 0.29) is 11.5 Å². The van der Waals surface area contributed by atoms with Gasteiger partial charge in [-0.2, -0.15) is 5.10 Å². The van der Waals surface area contributed by atoms with Crippen LogP contribution >= 0.6 is 0 Å². The zero-order valence-corrected chi connectivity index (χ0v) is 10.6. The minimum absolute atomic E-state index is 0.00966. The fraction of sp³-hybridized carbons (Fsp3) is 0.286. The summed E-state index contributed by atoms with van der Waals surface area (Å²) in [5.41, 5.74) is 1.47. The molecule has 0 aliphatic rings. The first-order chi connectivity index (χ1) is 9.11. The molecule has 0 unspecified atom stereocenters. The van der Waals surface area contributed by atoms with Gasteiger partial charge in [-0.05, 0) is 36.8 Å². The van der Waals surface area contributed by atoms with Gasteiger partial charge in [0.1, 0.15) is 5.82 Å². The Kier molecular flexibility index (Phi) is 3.94. The van der Waals surface area contributed by atoms with E-state index in [2.05, 4.69) is 12.0 Å². The quantitative estimate of drug-likeness (QED) is 0.900. The summed E-state index contributed by atoms with van der Waals surface area (Å²) >= 11 is 0. The van der Waals surface area contributed by atoms with E-state index >= 15 is 0 Å². The average molecular weight is 262 g/mol. The van der Waals surface area contributed by atoms with Gasteiger partial charge < -0.3 is 5.11 Å². The van der Waals surface area contributed by atoms with Crippen LogP contribution in [0.4, 0.5) is 4.39 Å². The van der Waals surface area contributed by atoms with Crippen molar-refractivity contribution < 1.29 is 14.3 Å². The van der Waals surface area contributed by atoms with Crippen LogP contribution < -0.4 is 0 Å². The van der Waals surface area contributed by atoms with Crippen LogP contribution in [0.25, 0.3) is 11.3 Å². The summed E-state index contributed by atoms with van der Waals surface area (Å²) in [5, 5.41) is 13.1. The lowest BCUT2D eigenvalue weighted by Gasteiger charge is -2.06. The van der Waals surface area contributed by atoms with Gasteiger partial charge in [0.25, 0.3) is 0 Å². The minimum atomic E-state index is -1.06. The van der Waals surface area contributed by atoms with Crippen molar-refractivity contribution in [2.75, 3.05) is 0 Å². The summed E-state index contributed by atoms with van der Waals surface area (Å²) in [6.07, 6.45) is 1.90. The van der Waals surface area contributed by atoms with Crippen LogP contribution in [0.2, 0.25) is 0 Å². The summed E-state index contributed by atoms with van der Waals surface area (Å²) in [4.78, 5) is 11.0. The van der Waals surface area contributed by atoms with Gasteiger partial charge in [-0.3, -0.25) is 4.68 Å². The number of carboxylic acid groups (broad SMARTS) is 1. The molecule has 1 N–H and O–H groups in total. The number of aromatic carboxylic acids is 1. The Morgan fingerprint density at radius 1 is 1.37 bits per heavy atom. The third-order valence-electron chi connectivity index (χ3n) is 2.86. The number of benzene rings is 1. The molecule has 0 atom stereocenters. The maximum atomic E-state index is 12.9. The van der Waals surface area contributed by atoms with Gasteiger partial charge >= 0.3 is 5.97 Å². The molecule has 0 radical (unpaired) electrons. The molecule has 0 aliphatic heterocycles. The number of aryl methyl sites for hydroxylation is 1. The van der Waals surface area contributed by atoms with E-state index in [1.54, 1.807) is 16.8 Å². The van der Waals surface area contributed by atoms with E-state index in [1.165, 1.54) is 18.2 Å². The zero-order chi connectivity index (χ0) is 13.8. The number of unbranched alkanes of at least 4 members (excludes halogenated alkanes) is 1. The monoisotopic (exact) mass is 262 g/mol. The van der Waals surface area contributed by atoms with Crippen LogP contribution in [0.3, 0.4) is 0 Å². The summed E-state index contributed by atoms with van der Waals surface area (Å²) in [5.74, 6) is -1.37. The molecule has 0 spiro atoms. The second-order valence-corrected chi connectivity index (χ2v) is 4.30. The van der Waals surface area contributed by atoms with Gasteiger partial charge in [0, 0.05) is 12.1 Å². The summed E-state index contributed by atoms with van der Waals surface area (Å²) in [6.45, 7) is 2.70. The Morgan fingerprint density at radius 2 is 2.05 bits per heavy atom. The molecule has 4 nitrogen and oxygen atoms in total. The largest absolute Gasteiger partial charge is 0.476 e. The third-order valence-corrected chi connectivity index (χ3v) is 2.86. The standard InChI is InChI=1S/C14H15FN2O2/c1-2-3-8-17-13(9-12(16-17)14(18)19)10-4-6-11(15)7-5-10/h4-7,9H,2-3,8H2,1H3,(H,18,19). The van der Waals surface area contributed by atoms with Gasteiger partial charge in [-0.1, -0.05) is 13.3 Å². The van der Waals surface area contributed by atoms with Crippen molar-refractivity contribution in [3.63, 3.8) is 0 Å². The number of aromatic nitrogens is 2. The highest BCUT2D eigenvalue weighted by molar-refractivity contribution is 5.87. The van der Waals surface area contributed by atoms with Crippen molar-refractivity contribution >= 4 is 5.97 Å². The van der Waals surface area contributed by atoms with Crippen LogP contribution in [0.15, 0.2) is 30.3 Å². The molecule has 19 heavy (non-hydrogen) atoms. The molecule has 2 aromatic rings. The number of hydrogen-bond donors (Lipinski definition) is 1. The van der Waals surface area contributed by atoms with Crippen LogP contribution in [-0.4, -0.2) is 20.9 Å². The fourth-order valence-electron chi connectivity index (χ4n) is 1.85. The molecule has 1 aromatic heterocycles. The lowest BCUT2D eigenvalue weighted by Crippen LogP contribution is -2.04. The van der Waals surface area contributed by atoms with Gasteiger partial charge in [0.05, 0.1) is 5.69 Å². The normalized spacial score (nSPS) is 10.6. The second-order valence-electron chi connectivity index (χ2n) is 4.30. The van der Waals surface area contributed by atoms with Crippen molar-refractivity contribution in [1.82, 2.24) is 9.78 Å². The topological polar surface area (TPSA) is 55.1 Å². The van der Waals surface area contributed by atoms with E-state index < -0.39 is 5.97 Å². The summed E-state index contributed by atoms with van der Waals surface area (Å²) < 4.78 is 14.6. The van der Waals surface area contributed by atoms with Gasteiger partial charge in [-0.25, -0.2) is 9.18 Å². The number of halogens is 1. The molecule has 1 heterocycles. The first-order valence-electron chi connectivity index (χ1n) is 6.19. The zero-order valence-electron chi connectivity index (χ0n) is 10.6. The molecule has 5 heteroatoms. The van der Waals surface area contributed by atoms with Crippen molar-refractivity contribution in [1.29, 1.82) is 0 Å². The molecule has 100 valence electrons. The Balaban J connectivity index is 2.41. The van der Waals surface area contributed by atoms with Crippen LogP contribution in [-0.2, 0) is 6.54 Å². The Hall–Kier alpha value is -2.17. The Morgan fingerprint density at radius 3 is 2.63 bits per heavy atom. The number of rotatable bonds is 5. The smallest absolute Gasteiger partial charge is 0.356 e. The summed E-state index contributed by atoms with van der Waals surface area (Å²) in [6, 6.07) is 7.48. The highest BCUT2D eigenvalue weighted by Gasteiger charge is 2.14. The predicted octanol–water partition coefficient (Wildman–Crippen LogP) is 3.19. The van der Waals surface area contributed by atoms with E-state index in [4.69, 9.17) is 5.11 Å². The van der Waals surface area contributed by atoms with Gasteiger partial charge in [-0.15, -0.1) is 0 Å². The number of carboxylic acids is 1. The fourth-order valence-corrected chi connectivity index (χ4v) is 1.85. The highest BCUT2D eigenvalue weighted by atomic mass is 19.1. The molecule has 0 aliphatic carbocycles. The van der Waals surface area contributed by atoms with Gasteiger partial charge in [0.15, 0.2) is 5.69 Å². The summed E-state index contributed by atoms with van der Waals surface area (Å²) in [7, 11) is 0. The van der Waals surface area contributed by atoms with E-state index in [0.29, 0.717) is 12.2 Å². The highest BCUT2D eigenvalue weighted by Crippen LogP contribution is 2.21. The van der Waals surface area contributed by atoms with Crippen molar-refractivity contribution in [3.8, 4) is 11.3 Å². The molecule has 0 bridgehead atoms. The molecule has 0 amide bonds. The first kappa shape index (κ1) is 13.3. The number of hydrogen-bond acceptors (Lipinski definition) is 2. The number of carbonyl (C=O) groups is 1. The maximum Gasteiger partial charge on any atom is 0.356 e. The van der Waals surface area contributed by atoms with Crippen LogP contribution in [0, 0.1) is 5.82 Å². The lowest BCUT2D eigenvalue weighted by molar-refractivity contribution is 0.0689. The molecule has 0 fully saturated rings. The second kappa shape index (κ2) is 5.65. The lowest BCUT2D eigenvalue weighted by atomic mass is 10.1. The van der Waals surface area contributed by atoms with Crippen molar-refractivity contribution in [2.24, 2.45) is 0 Å². The van der Waals surface area contributed by atoms with Crippen LogP contribution in [0.5, 0.6) is 0 Å². The van der Waals surface area contributed by atoms with Crippen LogP contribution in [0.1, 0.15) is 30.3 Å². The van der Waals surface area contributed by atoms with Crippen molar-refractivity contribution in [2.45, 2.75) is 26.3 Å². The third kappa shape index (κ3) is 2.99. The SMILES string of the molecule is CCCCn1nc(C(=O)O)cc1-c1ccc(F)cc1. The molecule has 1 aromatic carbocycles. The Labute approximate surface area is 110 Å². The maximum absolute atomic E-state index is 12.9. The number of nitrogens with zero attached hydrogens (tertiary/aromatic N) is 2. The molecule has 2 rings (SSSR count). The van der Waals surface area contributed by atoms with E-state index in [9.17, 15) is 9.18 Å². The van der Waals surface area contributed by atoms with Gasteiger partial charge in [0.2, 0.25) is 0 Å². The van der Waals surface area contributed by atoms with Crippen molar-refractivity contribution in [3.05, 3.63) is 41.8 Å². The molecular formula is C14H15FN2O2. The first-order valence-corrected chi connectivity index (χ1v) is 6.19. The molecule has 0 saturated heterocycles. The van der Waals surface area contributed by atoms with E-state index in [1.807, 2.05) is 0 Å². The average Bonchev–Trinajstić information content (AvgIpc) is 2.81.